The van der Waals surface area contributed by atoms with E-state index in [2.05, 4.69) is 5.32 Å². The van der Waals surface area contributed by atoms with Gasteiger partial charge in [0.2, 0.25) is 0 Å². The highest BCUT2D eigenvalue weighted by Gasteiger charge is 2.07. The van der Waals surface area contributed by atoms with Crippen molar-refractivity contribution in [2.45, 2.75) is 0 Å². The van der Waals surface area contributed by atoms with Crippen LogP contribution in [0, 0.1) is 5.82 Å². The zero-order chi connectivity index (χ0) is 14.4. The number of para-hydroxylation sites is 1. The number of ether oxygens (including phenoxy) is 2. The highest BCUT2D eigenvalue weighted by atomic mass is 19.1. The average molecular weight is 276 g/mol. The summed E-state index contributed by atoms with van der Waals surface area (Å²) in [6, 6.07) is 12.3. The molecular weight excluding hydrogens is 259 g/mol. The van der Waals surface area contributed by atoms with Crippen molar-refractivity contribution in [1.82, 2.24) is 0 Å². The van der Waals surface area contributed by atoms with Crippen molar-refractivity contribution in [3.8, 4) is 11.5 Å². The summed E-state index contributed by atoms with van der Waals surface area (Å²) >= 11 is 0. The molecule has 106 valence electrons. The first-order valence-electron chi connectivity index (χ1n) is 6.25. The molecule has 0 atom stereocenters. The second-order valence-electron chi connectivity index (χ2n) is 4.16. The number of hydrogen-bond donors (Lipinski definition) is 2. The minimum atomic E-state index is -0.476. The number of nitrogens with one attached hydrogen (secondary N) is 1. The molecule has 0 radical (unpaired) electrons. The number of halogens is 1. The molecule has 0 bridgehead atoms. The molecule has 20 heavy (non-hydrogen) atoms. The van der Waals surface area contributed by atoms with Crippen LogP contribution in [-0.4, -0.2) is 20.3 Å². The molecule has 2 rings (SSSR count). The third-order valence-corrected chi connectivity index (χ3v) is 2.75. The van der Waals surface area contributed by atoms with Crippen LogP contribution < -0.4 is 20.5 Å². The summed E-state index contributed by atoms with van der Waals surface area (Å²) in [4.78, 5) is 0. The Morgan fingerprint density at radius 1 is 1.20 bits per heavy atom. The largest absolute Gasteiger partial charge is 0.494 e. The van der Waals surface area contributed by atoms with Crippen LogP contribution in [0.3, 0.4) is 0 Å². The molecule has 5 heteroatoms. The summed E-state index contributed by atoms with van der Waals surface area (Å²) in [5.74, 6) is 0.487. The number of rotatable bonds is 6. The zero-order valence-electron chi connectivity index (χ0n) is 11.2. The molecule has 2 aromatic carbocycles. The SMILES string of the molecule is COc1cc(NCCOc2ccccc2)c(N)cc1F. The van der Waals surface area contributed by atoms with Crippen LogP contribution in [0.25, 0.3) is 0 Å². The van der Waals surface area contributed by atoms with Crippen LogP contribution in [0.5, 0.6) is 11.5 Å². The maximum atomic E-state index is 13.4. The standard InChI is InChI=1S/C15H17FN2O2/c1-19-15-10-14(13(17)9-12(15)16)18-7-8-20-11-5-3-2-4-6-11/h2-6,9-10,18H,7-8,17H2,1H3. The third kappa shape index (κ3) is 3.54. The first kappa shape index (κ1) is 14.0. The highest BCUT2D eigenvalue weighted by molar-refractivity contribution is 5.68. The van der Waals surface area contributed by atoms with Crippen molar-refractivity contribution in [2.24, 2.45) is 0 Å². The summed E-state index contributed by atoms with van der Waals surface area (Å²) < 4.78 is 23.8. The van der Waals surface area contributed by atoms with E-state index in [1.54, 1.807) is 0 Å². The van der Waals surface area contributed by atoms with E-state index in [-0.39, 0.29) is 5.75 Å². The quantitative estimate of drug-likeness (QED) is 0.629. The molecule has 4 nitrogen and oxygen atoms in total. The predicted molar refractivity (Wildman–Crippen MR) is 77.8 cm³/mol. The first-order chi connectivity index (χ1) is 9.70. The van der Waals surface area contributed by atoms with E-state index in [1.807, 2.05) is 30.3 Å². The van der Waals surface area contributed by atoms with Gasteiger partial charge in [0.25, 0.3) is 0 Å². The molecule has 0 saturated heterocycles. The predicted octanol–water partition coefficient (Wildman–Crippen LogP) is 2.91. The molecule has 0 amide bonds. The molecule has 0 aliphatic carbocycles. The van der Waals surface area contributed by atoms with Gasteiger partial charge in [-0.25, -0.2) is 4.39 Å². The number of benzene rings is 2. The lowest BCUT2D eigenvalue weighted by atomic mass is 10.2. The summed E-state index contributed by atoms with van der Waals surface area (Å²) in [7, 11) is 1.41. The number of nitrogens with two attached hydrogens (primary N) is 1. The number of methoxy groups -OCH3 is 1. The molecule has 0 aliphatic rings. The van der Waals surface area contributed by atoms with Gasteiger partial charge < -0.3 is 20.5 Å². The van der Waals surface area contributed by atoms with E-state index in [9.17, 15) is 4.39 Å². The zero-order valence-corrected chi connectivity index (χ0v) is 11.2. The minimum absolute atomic E-state index is 0.158. The molecule has 2 aromatic rings. The lowest BCUT2D eigenvalue weighted by molar-refractivity contribution is 0.333. The van der Waals surface area contributed by atoms with Crippen LogP contribution in [0.1, 0.15) is 0 Å². The van der Waals surface area contributed by atoms with Gasteiger partial charge in [-0.15, -0.1) is 0 Å². The molecule has 0 heterocycles. The summed E-state index contributed by atoms with van der Waals surface area (Å²) in [5, 5.41) is 3.09. The molecule has 0 saturated carbocycles. The van der Waals surface area contributed by atoms with Crippen LogP contribution in [-0.2, 0) is 0 Å². The lowest BCUT2D eigenvalue weighted by Crippen LogP contribution is -2.12. The Labute approximate surface area is 117 Å². The number of nitrogen functional groups attached to an aromatic ring is 1. The van der Waals surface area contributed by atoms with Crippen LogP contribution in [0.15, 0.2) is 42.5 Å². The fraction of sp³-hybridized carbons (Fsp3) is 0.200. The van der Waals surface area contributed by atoms with Crippen molar-refractivity contribution in [1.29, 1.82) is 0 Å². The van der Waals surface area contributed by atoms with Gasteiger partial charge in [-0.3, -0.25) is 0 Å². The van der Waals surface area contributed by atoms with E-state index in [4.69, 9.17) is 15.2 Å². The van der Waals surface area contributed by atoms with Crippen LogP contribution in [0.4, 0.5) is 15.8 Å². The summed E-state index contributed by atoms with van der Waals surface area (Å²) in [6.45, 7) is 1.02. The molecular formula is C15H17FN2O2. The lowest BCUT2D eigenvalue weighted by Gasteiger charge is -2.12. The van der Waals surface area contributed by atoms with Gasteiger partial charge in [-0.05, 0) is 12.1 Å². The Morgan fingerprint density at radius 3 is 2.65 bits per heavy atom. The topological polar surface area (TPSA) is 56.5 Å². The molecule has 0 fully saturated rings. The molecule has 3 N–H and O–H groups in total. The Balaban J connectivity index is 1.88. The molecule has 0 aliphatic heterocycles. The van der Waals surface area contributed by atoms with Crippen LogP contribution in [0.2, 0.25) is 0 Å². The van der Waals surface area contributed by atoms with Crippen molar-refractivity contribution >= 4 is 11.4 Å². The molecule has 0 aromatic heterocycles. The van der Waals surface area contributed by atoms with Gasteiger partial charge in [-0.2, -0.15) is 0 Å². The number of hydrogen-bond acceptors (Lipinski definition) is 4. The van der Waals surface area contributed by atoms with E-state index >= 15 is 0 Å². The Kier molecular flexibility index (Phi) is 4.65. The Hall–Kier alpha value is -2.43. The summed E-state index contributed by atoms with van der Waals surface area (Å²) in [5.41, 5.74) is 6.70. The van der Waals surface area contributed by atoms with Crippen LogP contribution >= 0.6 is 0 Å². The third-order valence-electron chi connectivity index (χ3n) is 2.75. The first-order valence-corrected chi connectivity index (χ1v) is 6.25. The van der Waals surface area contributed by atoms with Crippen molar-refractivity contribution < 1.29 is 13.9 Å². The monoisotopic (exact) mass is 276 g/mol. The van der Waals surface area contributed by atoms with Gasteiger partial charge >= 0.3 is 0 Å². The Bertz CT molecular complexity index is 561. The minimum Gasteiger partial charge on any atom is -0.494 e. The smallest absolute Gasteiger partial charge is 0.167 e. The molecule has 0 unspecified atom stereocenters. The fourth-order valence-corrected chi connectivity index (χ4v) is 1.75. The van der Waals surface area contributed by atoms with E-state index in [0.717, 1.165) is 5.75 Å². The molecule has 0 spiro atoms. The Morgan fingerprint density at radius 2 is 1.95 bits per heavy atom. The highest BCUT2D eigenvalue weighted by Crippen LogP contribution is 2.27. The van der Waals surface area contributed by atoms with Crippen molar-refractivity contribution in [2.75, 3.05) is 31.3 Å². The van der Waals surface area contributed by atoms with Gasteiger partial charge in [0.05, 0.1) is 18.5 Å². The van der Waals surface area contributed by atoms with Gasteiger partial charge in [0.1, 0.15) is 12.4 Å². The number of anilines is 2. The van der Waals surface area contributed by atoms with Gasteiger partial charge in [-0.1, -0.05) is 18.2 Å². The fourth-order valence-electron chi connectivity index (χ4n) is 1.75. The maximum absolute atomic E-state index is 13.4. The van der Waals surface area contributed by atoms with Crippen molar-refractivity contribution in [3.63, 3.8) is 0 Å². The second kappa shape index (κ2) is 6.65. The van der Waals surface area contributed by atoms with Crippen molar-refractivity contribution in [3.05, 3.63) is 48.3 Å². The van der Waals surface area contributed by atoms with Gasteiger partial charge in [0.15, 0.2) is 11.6 Å². The van der Waals surface area contributed by atoms with E-state index < -0.39 is 5.82 Å². The van der Waals surface area contributed by atoms with Gasteiger partial charge in [0, 0.05) is 18.7 Å². The van der Waals surface area contributed by atoms with E-state index in [0.29, 0.717) is 24.5 Å². The van der Waals surface area contributed by atoms with E-state index in [1.165, 1.54) is 19.2 Å². The summed E-state index contributed by atoms with van der Waals surface area (Å²) in [6.07, 6.45) is 0. The maximum Gasteiger partial charge on any atom is 0.167 e. The average Bonchev–Trinajstić information content (AvgIpc) is 2.46. The normalized spacial score (nSPS) is 10.1. The second-order valence-corrected chi connectivity index (χ2v) is 4.16.